The maximum absolute atomic E-state index is 11.7. The summed E-state index contributed by atoms with van der Waals surface area (Å²) in [5.41, 5.74) is 5.37. The van der Waals surface area contributed by atoms with Crippen molar-refractivity contribution in [3.8, 4) is 0 Å². The fourth-order valence-corrected chi connectivity index (χ4v) is 1.76. The SMILES string of the molecule is N=C(N)N1CCN(C(=O)C2CC2)CC1. The monoisotopic (exact) mass is 196 g/mol. The standard InChI is InChI=1S/C9H16N4O/c10-9(11)13-5-3-12(4-6-13)8(14)7-1-2-7/h7H,1-6H2,(H3,10,11). The third kappa shape index (κ3) is 1.81. The van der Waals surface area contributed by atoms with Crippen LogP contribution in [0, 0.1) is 11.3 Å². The van der Waals surface area contributed by atoms with Crippen molar-refractivity contribution in [3.63, 3.8) is 0 Å². The molecule has 1 aliphatic heterocycles. The molecule has 0 aromatic rings. The third-order valence-corrected chi connectivity index (χ3v) is 2.86. The minimum Gasteiger partial charge on any atom is -0.370 e. The van der Waals surface area contributed by atoms with Crippen LogP contribution in [0.25, 0.3) is 0 Å². The number of guanidine groups is 1. The minimum absolute atomic E-state index is 0.114. The van der Waals surface area contributed by atoms with Gasteiger partial charge < -0.3 is 15.5 Å². The molecule has 5 heteroatoms. The average molecular weight is 196 g/mol. The molecule has 14 heavy (non-hydrogen) atoms. The topological polar surface area (TPSA) is 73.4 Å². The number of hydrogen-bond donors (Lipinski definition) is 2. The Morgan fingerprint density at radius 3 is 2.07 bits per heavy atom. The molecule has 78 valence electrons. The summed E-state index contributed by atoms with van der Waals surface area (Å²) in [6.45, 7) is 2.84. The number of nitrogens with zero attached hydrogens (tertiary/aromatic N) is 2. The molecule has 0 unspecified atom stereocenters. The number of carbonyl (C=O) groups excluding carboxylic acids is 1. The van der Waals surface area contributed by atoms with E-state index in [1.807, 2.05) is 4.90 Å². The summed E-state index contributed by atoms with van der Waals surface area (Å²) in [6, 6.07) is 0. The summed E-state index contributed by atoms with van der Waals surface area (Å²) in [6.07, 6.45) is 2.12. The Balaban J connectivity index is 1.83. The van der Waals surface area contributed by atoms with Crippen molar-refractivity contribution in [3.05, 3.63) is 0 Å². The highest BCUT2D eigenvalue weighted by Crippen LogP contribution is 2.31. The predicted molar refractivity (Wildman–Crippen MR) is 52.8 cm³/mol. The normalized spacial score (nSPS) is 22.3. The number of carbonyl (C=O) groups is 1. The van der Waals surface area contributed by atoms with Gasteiger partial charge in [0.1, 0.15) is 0 Å². The van der Waals surface area contributed by atoms with Crippen molar-refractivity contribution in [1.29, 1.82) is 5.41 Å². The predicted octanol–water partition coefficient (Wildman–Crippen LogP) is -0.566. The van der Waals surface area contributed by atoms with E-state index in [1.165, 1.54) is 0 Å². The molecule has 0 bridgehead atoms. The smallest absolute Gasteiger partial charge is 0.225 e. The average Bonchev–Trinajstić information content (AvgIpc) is 3.00. The second-order valence-corrected chi connectivity index (χ2v) is 3.97. The quantitative estimate of drug-likeness (QED) is 0.436. The number of nitrogens with two attached hydrogens (primary N) is 1. The Labute approximate surface area is 83.4 Å². The first-order valence-corrected chi connectivity index (χ1v) is 5.06. The van der Waals surface area contributed by atoms with Crippen LogP contribution < -0.4 is 5.73 Å². The molecule has 1 saturated carbocycles. The van der Waals surface area contributed by atoms with Crippen LogP contribution in [0.4, 0.5) is 0 Å². The summed E-state index contributed by atoms with van der Waals surface area (Å²) in [7, 11) is 0. The number of nitrogens with one attached hydrogen (secondary N) is 1. The Morgan fingerprint density at radius 2 is 1.64 bits per heavy atom. The molecule has 0 spiro atoms. The largest absolute Gasteiger partial charge is 0.370 e. The molecule has 1 heterocycles. The number of rotatable bonds is 1. The molecule has 2 aliphatic rings. The molecule has 1 amide bonds. The Bertz CT molecular complexity index is 254. The third-order valence-electron chi connectivity index (χ3n) is 2.86. The zero-order valence-corrected chi connectivity index (χ0v) is 8.20. The second-order valence-electron chi connectivity index (χ2n) is 3.97. The molecular weight excluding hydrogens is 180 g/mol. The summed E-state index contributed by atoms with van der Waals surface area (Å²) in [4.78, 5) is 15.4. The van der Waals surface area contributed by atoms with Gasteiger partial charge in [-0.3, -0.25) is 10.2 Å². The van der Waals surface area contributed by atoms with Crippen molar-refractivity contribution in [2.75, 3.05) is 26.2 Å². The molecule has 0 atom stereocenters. The Morgan fingerprint density at radius 1 is 1.14 bits per heavy atom. The van der Waals surface area contributed by atoms with Gasteiger partial charge in [-0.1, -0.05) is 0 Å². The summed E-state index contributed by atoms with van der Waals surface area (Å²) in [5.74, 6) is 0.718. The minimum atomic E-state index is 0.114. The van der Waals surface area contributed by atoms with Gasteiger partial charge in [0.25, 0.3) is 0 Å². The Hall–Kier alpha value is -1.26. The highest BCUT2D eigenvalue weighted by molar-refractivity contribution is 5.81. The van der Waals surface area contributed by atoms with Gasteiger partial charge >= 0.3 is 0 Å². The number of piperazine rings is 1. The van der Waals surface area contributed by atoms with Gasteiger partial charge in [0.05, 0.1) is 0 Å². The maximum Gasteiger partial charge on any atom is 0.225 e. The van der Waals surface area contributed by atoms with Gasteiger partial charge in [-0.2, -0.15) is 0 Å². The zero-order valence-electron chi connectivity index (χ0n) is 8.20. The molecule has 1 aliphatic carbocycles. The van der Waals surface area contributed by atoms with Gasteiger partial charge in [-0.05, 0) is 12.8 Å². The number of amides is 1. The lowest BCUT2D eigenvalue weighted by molar-refractivity contribution is -0.133. The van der Waals surface area contributed by atoms with Gasteiger partial charge in [0.15, 0.2) is 5.96 Å². The van der Waals surface area contributed by atoms with E-state index in [4.69, 9.17) is 11.1 Å². The van der Waals surface area contributed by atoms with Crippen LogP contribution in [0.3, 0.4) is 0 Å². The van der Waals surface area contributed by atoms with Crippen LogP contribution in [0.2, 0.25) is 0 Å². The summed E-state index contributed by atoms with van der Waals surface area (Å²) < 4.78 is 0. The Kier molecular flexibility index (Phi) is 2.31. The highest BCUT2D eigenvalue weighted by Gasteiger charge is 2.34. The van der Waals surface area contributed by atoms with Crippen molar-refractivity contribution < 1.29 is 4.79 Å². The highest BCUT2D eigenvalue weighted by atomic mass is 16.2. The van der Waals surface area contributed by atoms with E-state index < -0.39 is 0 Å². The first-order valence-electron chi connectivity index (χ1n) is 5.06. The zero-order chi connectivity index (χ0) is 10.1. The molecule has 0 aromatic heterocycles. The molecule has 3 N–H and O–H groups in total. The summed E-state index contributed by atoms with van der Waals surface area (Å²) in [5, 5.41) is 7.26. The van der Waals surface area contributed by atoms with Gasteiger partial charge in [0, 0.05) is 32.1 Å². The van der Waals surface area contributed by atoms with Gasteiger partial charge in [0.2, 0.25) is 5.91 Å². The van der Waals surface area contributed by atoms with E-state index in [0.29, 0.717) is 24.9 Å². The molecule has 0 aromatic carbocycles. The van der Waals surface area contributed by atoms with Crippen LogP contribution in [-0.4, -0.2) is 47.8 Å². The first kappa shape index (κ1) is 9.30. The lowest BCUT2D eigenvalue weighted by atomic mass is 10.3. The first-order chi connectivity index (χ1) is 6.68. The molecule has 1 saturated heterocycles. The van der Waals surface area contributed by atoms with Crippen molar-refractivity contribution >= 4 is 11.9 Å². The van der Waals surface area contributed by atoms with E-state index in [2.05, 4.69) is 0 Å². The van der Waals surface area contributed by atoms with E-state index in [-0.39, 0.29) is 5.96 Å². The second kappa shape index (κ2) is 3.48. The lowest BCUT2D eigenvalue weighted by Gasteiger charge is -2.35. The van der Waals surface area contributed by atoms with Crippen LogP contribution in [0.1, 0.15) is 12.8 Å². The lowest BCUT2D eigenvalue weighted by Crippen LogP contribution is -2.52. The molecule has 5 nitrogen and oxygen atoms in total. The molecular formula is C9H16N4O. The fraction of sp³-hybridized carbons (Fsp3) is 0.778. The van der Waals surface area contributed by atoms with Crippen molar-refractivity contribution in [2.45, 2.75) is 12.8 Å². The van der Waals surface area contributed by atoms with Crippen LogP contribution in [0.5, 0.6) is 0 Å². The molecule has 2 fully saturated rings. The van der Waals surface area contributed by atoms with Gasteiger partial charge in [-0.15, -0.1) is 0 Å². The summed E-state index contributed by atoms with van der Waals surface area (Å²) >= 11 is 0. The van der Waals surface area contributed by atoms with Crippen LogP contribution >= 0.6 is 0 Å². The maximum atomic E-state index is 11.7. The van der Waals surface area contributed by atoms with E-state index in [0.717, 1.165) is 25.9 Å². The van der Waals surface area contributed by atoms with Gasteiger partial charge in [-0.25, -0.2) is 0 Å². The van der Waals surface area contributed by atoms with Crippen molar-refractivity contribution in [1.82, 2.24) is 9.80 Å². The van der Waals surface area contributed by atoms with E-state index in [1.54, 1.807) is 4.90 Å². The molecule has 0 radical (unpaired) electrons. The van der Waals surface area contributed by atoms with Crippen LogP contribution in [-0.2, 0) is 4.79 Å². The van der Waals surface area contributed by atoms with E-state index in [9.17, 15) is 4.79 Å². The van der Waals surface area contributed by atoms with Crippen molar-refractivity contribution in [2.24, 2.45) is 11.7 Å². The van der Waals surface area contributed by atoms with Crippen LogP contribution in [0.15, 0.2) is 0 Å². The van der Waals surface area contributed by atoms with E-state index >= 15 is 0 Å². The number of hydrogen-bond acceptors (Lipinski definition) is 2. The fourth-order valence-electron chi connectivity index (χ4n) is 1.76. The molecule has 2 rings (SSSR count).